The minimum Gasteiger partial charge on any atom is -0.463 e. The van der Waals surface area contributed by atoms with Crippen molar-refractivity contribution in [2.45, 2.75) is 6.92 Å². The molecule has 2 rings (SSSR count). The summed E-state index contributed by atoms with van der Waals surface area (Å²) in [4.78, 5) is 8.28. The lowest BCUT2D eigenvalue weighted by Gasteiger charge is -1.95. The molecule has 0 saturated heterocycles. The molecule has 0 amide bonds. The fourth-order valence-corrected chi connectivity index (χ4v) is 1.01. The Bertz CT molecular complexity index is 368. The zero-order chi connectivity index (χ0) is 8.39. The highest BCUT2D eigenvalue weighted by Gasteiger charge is 2.01. The second-order valence-electron chi connectivity index (χ2n) is 2.52. The second-order valence-corrected chi connectivity index (χ2v) is 2.52. The van der Waals surface area contributed by atoms with Crippen LogP contribution in [0.2, 0.25) is 0 Å². The standard InChI is InChI=1S/C9H8N2O/c1-7-5-10-6-8(11-7)9-3-2-4-12-9/h2-6H,1H3. The first-order valence-corrected chi connectivity index (χ1v) is 3.69. The highest BCUT2D eigenvalue weighted by molar-refractivity contribution is 5.49. The van der Waals surface area contributed by atoms with Gasteiger partial charge in [-0.1, -0.05) is 0 Å². The van der Waals surface area contributed by atoms with Crippen LogP contribution in [0.4, 0.5) is 0 Å². The third-order valence-corrected chi connectivity index (χ3v) is 1.53. The number of rotatable bonds is 1. The molecule has 0 aliphatic carbocycles. The van der Waals surface area contributed by atoms with E-state index in [2.05, 4.69) is 9.97 Å². The van der Waals surface area contributed by atoms with Gasteiger partial charge in [0.05, 0.1) is 18.2 Å². The maximum atomic E-state index is 5.17. The lowest BCUT2D eigenvalue weighted by atomic mass is 10.3. The SMILES string of the molecule is Cc1cncc(-c2ccco2)n1. The maximum absolute atomic E-state index is 5.17. The van der Waals surface area contributed by atoms with E-state index in [1.807, 2.05) is 19.1 Å². The maximum Gasteiger partial charge on any atom is 0.153 e. The largest absolute Gasteiger partial charge is 0.463 e. The number of aromatic nitrogens is 2. The van der Waals surface area contributed by atoms with Gasteiger partial charge in [-0.25, -0.2) is 4.98 Å². The summed E-state index contributed by atoms with van der Waals surface area (Å²) in [6.45, 7) is 1.90. The number of hydrogen-bond donors (Lipinski definition) is 0. The van der Waals surface area contributed by atoms with Crippen LogP contribution in [0, 0.1) is 6.92 Å². The quantitative estimate of drug-likeness (QED) is 0.640. The van der Waals surface area contributed by atoms with Gasteiger partial charge < -0.3 is 4.42 Å². The van der Waals surface area contributed by atoms with Gasteiger partial charge in [-0.05, 0) is 19.1 Å². The summed E-state index contributed by atoms with van der Waals surface area (Å²) in [6, 6.07) is 3.70. The van der Waals surface area contributed by atoms with E-state index >= 15 is 0 Å². The van der Waals surface area contributed by atoms with Gasteiger partial charge in [0.25, 0.3) is 0 Å². The lowest BCUT2D eigenvalue weighted by Crippen LogP contribution is -1.86. The Labute approximate surface area is 70.1 Å². The van der Waals surface area contributed by atoms with Crippen LogP contribution in [-0.4, -0.2) is 9.97 Å². The van der Waals surface area contributed by atoms with Crippen molar-refractivity contribution < 1.29 is 4.42 Å². The molecule has 0 unspecified atom stereocenters. The van der Waals surface area contributed by atoms with Crippen LogP contribution in [0.5, 0.6) is 0 Å². The Hall–Kier alpha value is -1.64. The molecule has 0 atom stereocenters. The van der Waals surface area contributed by atoms with Crippen molar-refractivity contribution in [1.29, 1.82) is 0 Å². The van der Waals surface area contributed by atoms with Crippen LogP contribution in [-0.2, 0) is 0 Å². The average Bonchev–Trinajstić information content (AvgIpc) is 2.56. The second kappa shape index (κ2) is 2.77. The predicted octanol–water partition coefficient (Wildman–Crippen LogP) is 2.05. The lowest BCUT2D eigenvalue weighted by molar-refractivity contribution is 0.579. The molecule has 0 saturated carbocycles. The van der Waals surface area contributed by atoms with Crippen LogP contribution >= 0.6 is 0 Å². The number of nitrogens with zero attached hydrogens (tertiary/aromatic N) is 2. The third kappa shape index (κ3) is 1.21. The molecule has 3 heteroatoms. The minimum atomic E-state index is 0.756. The van der Waals surface area contributed by atoms with E-state index in [-0.39, 0.29) is 0 Å². The fourth-order valence-electron chi connectivity index (χ4n) is 1.01. The van der Waals surface area contributed by atoms with Gasteiger partial charge in [0.1, 0.15) is 5.69 Å². The van der Waals surface area contributed by atoms with Crippen LogP contribution in [0.25, 0.3) is 11.5 Å². The summed E-state index contributed by atoms with van der Waals surface area (Å²) < 4.78 is 5.17. The molecule has 2 heterocycles. The van der Waals surface area contributed by atoms with E-state index in [0.29, 0.717) is 0 Å². The molecule has 2 aromatic heterocycles. The predicted molar refractivity (Wildman–Crippen MR) is 44.5 cm³/mol. The minimum absolute atomic E-state index is 0.756. The first-order valence-electron chi connectivity index (χ1n) is 3.69. The van der Waals surface area contributed by atoms with E-state index in [1.54, 1.807) is 18.7 Å². The van der Waals surface area contributed by atoms with Gasteiger partial charge in [0, 0.05) is 6.20 Å². The van der Waals surface area contributed by atoms with Gasteiger partial charge in [-0.2, -0.15) is 0 Å². The molecule has 60 valence electrons. The molecule has 0 aliphatic heterocycles. The number of aryl methyl sites for hydroxylation is 1. The highest BCUT2D eigenvalue weighted by atomic mass is 16.3. The molecule has 0 radical (unpaired) electrons. The normalized spacial score (nSPS) is 10.1. The average molecular weight is 160 g/mol. The molecule has 0 aliphatic rings. The van der Waals surface area contributed by atoms with Gasteiger partial charge >= 0.3 is 0 Å². The van der Waals surface area contributed by atoms with E-state index in [4.69, 9.17) is 4.42 Å². The van der Waals surface area contributed by atoms with Crippen molar-refractivity contribution in [3.05, 3.63) is 36.5 Å². The van der Waals surface area contributed by atoms with Gasteiger partial charge in [0.2, 0.25) is 0 Å². The van der Waals surface area contributed by atoms with Crippen molar-refractivity contribution in [3.8, 4) is 11.5 Å². The molecule has 0 spiro atoms. The van der Waals surface area contributed by atoms with Crippen molar-refractivity contribution in [1.82, 2.24) is 9.97 Å². The Balaban J connectivity index is 2.48. The summed E-state index contributed by atoms with van der Waals surface area (Å²) in [5, 5.41) is 0. The molecular formula is C9H8N2O. The topological polar surface area (TPSA) is 38.9 Å². The number of hydrogen-bond acceptors (Lipinski definition) is 3. The van der Waals surface area contributed by atoms with Crippen LogP contribution in [0.1, 0.15) is 5.69 Å². The summed E-state index contributed by atoms with van der Waals surface area (Å²) in [5.74, 6) is 0.756. The summed E-state index contributed by atoms with van der Waals surface area (Å²) in [6.07, 6.45) is 5.03. The van der Waals surface area contributed by atoms with E-state index in [0.717, 1.165) is 17.1 Å². The fraction of sp³-hybridized carbons (Fsp3) is 0.111. The van der Waals surface area contributed by atoms with Gasteiger partial charge in [0.15, 0.2) is 5.76 Å². The van der Waals surface area contributed by atoms with Crippen molar-refractivity contribution >= 4 is 0 Å². The highest BCUT2D eigenvalue weighted by Crippen LogP contribution is 2.15. The molecule has 12 heavy (non-hydrogen) atoms. The Morgan fingerprint density at radius 1 is 1.33 bits per heavy atom. The summed E-state index contributed by atoms with van der Waals surface area (Å²) >= 11 is 0. The number of furan rings is 1. The van der Waals surface area contributed by atoms with E-state index in [1.165, 1.54) is 0 Å². The molecule has 0 aromatic carbocycles. The van der Waals surface area contributed by atoms with Crippen molar-refractivity contribution in [2.75, 3.05) is 0 Å². The van der Waals surface area contributed by atoms with Crippen LogP contribution in [0.15, 0.2) is 35.2 Å². The van der Waals surface area contributed by atoms with Gasteiger partial charge in [-0.3, -0.25) is 4.98 Å². The first kappa shape index (κ1) is 7.03. The molecule has 0 fully saturated rings. The third-order valence-electron chi connectivity index (χ3n) is 1.53. The van der Waals surface area contributed by atoms with Gasteiger partial charge in [-0.15, -0.1) is 0 Å². The monoisotopic (exact) mass is 160 g/mol. The Morgan fingerprint density at radius 3 is 2.92 bits per heavy atom. The molecule has 3 nitrogen and oxygen atoms in total. The van der Waals surface area contributed by atoms with Crippen molar-refractivity contribution in [2.24, 2.45) is 0 Å². The Kier molecular flexibility index (Phi) is 1.63. The summed E-state index contributed by atoms with van der Waals surface area (Å²) in [7, 11) is 0. The first-order chi connectivity index (χ1) is 5.86. The Morgan fingerprint density at radius 2 is 2.25 bits per heavy atom. The molecule has 2 aromatic rings. The van der Waals surface area contributed by atoms with Crippen molar-refractivity contribution in [3.63, 3.8) is 0 Å². The van der Waals surface area contributed by atoms with E-state index in [9.17, 15) is 0 Å². The van der Waals surface area contributed by atoms with E-state index < -0.39 is 0 Å². The zero-order valence-corrected chi connectivity index (χ0v) is 6.69. The smallest absolute Gasteiger partial charge is 0.153 e. The zero-order valence-electron chi connectivity index (χ0n) is 6.69. The summed E-state index contributed by atoms with van der Waals surface area (Å²) in [5.41, 5.74) is 1.67. The van der Waals surface area contributed by atoms with Crippen LogP contribution in [0.3, 0.4) is 0 Å². The molecular weight excluding hydrogens is 152 g/mol. The molecule has 0 bridgehead atoms. The van der Waals surface area contributed by atoms with Crippen LogP contribution < -0.4 is 0 Å². The molecule has 0 N–H and O–H groups in total.